The summed E-state index contributed by atoms with van der Waals surface area (Å²) in [5.41, 5.74) is 0.947. The van der Waals surface area contributed by atoms with Gasteiger partial charge in [0.25, 0.3) is 5.91 Å². The minimum absolute atomic E-state index is 0.0442. The largest absolute Gasteiger partial charge is 0.507 e. The highest BCUT2D eigenvalue weighted by Crippen LogP contribution is 2.27. The smallest absolute Gasteiger partial charge is 0.261 e. The molecule has 2 rings (SSSR count). The van der Waals surface area contributed by atoms with Crippen molar-refractivity contribution < 1.29 is 14.7 Å². The van der Waals surface area contributed by atoms with E-state index < -0.39 is 5.91 Å². The van der Waals surface area contributed by atoms with Crippen LogP contribution in [0, 0.1) is 5.92 Å². The van der Waals surface area contributed by atoms with Crippen LogP contribution in [0.1, 0.15) is 45.4 Å². The molecule has 0 radical (unpaired) electrons. The van der Waals surface area contributed by atoms with Gasteiger partial charge in [0.1, 0.15) is 11.3 Å². The number of hydrogen-bond acceptors (Lipinski definition) is 3. The second-order valence-electron chi connectivity index (χ2n) is 6.37. The Hall–Kier alpha value is -1.84. The molecule has 1 N–H and O–H groups in total. The minimum Gasteiger partial charge on any atom is -0.507 e. The SMILES string of the molecule is CC(/C=C/C(O)=C1\C(=O)CN(C)C1=O)=C\CC1CCCCC1. The maximum Gasteiger partial charge on any atom is 0.261 e. The maximum atomic E-state index is 11.8. The summed E-state index contributed by atoms with van der Waals surface area (Å²) in [5, 5.41) is 9.97. The Labute approximate surface area is 132 Å². The molecule has 0 spiro atoms. The zero-order valence-electron chi connectivity index (χ0n) is 13.5. The molecule has 0 unspecified atom stereocenters. The normalized spacial score (nSPS) is 23.7. The van der Waals surface area contributed by atoms with E-state index in [-0.39, 0.29) is 23.7 Å². The van der Waals surface area contributed by atoms with Crippen molar-refractivity contribution in [2.45, 2.75) is 45.4 Å². The first-order chi connectivity index (χ1) is 10.5. The number of allylic oxidation sites excluding steroid dienone is 4. The number of nitrogens with zero attached hydrogens (tertiary/aromatic N) is 1. The predicted molar refractivity (Wildman–Crippen MR) is 86.4 cm³/mol. The van der Waals surface area contributed by atoms with E-state index in [9.17, 15) is 14.7 Å². The van der Waals surface area contributed by atoms with Crippen LogP contribution in [-0.2, 0) is 9.59 Å². The fourth-order valence-corrected chi connectivity index (χ4v) is 3.07. The molecule has 1 heterocycles. The third-order valence-electron chi connectivity index (χ3n) is 4.48. The lowest BCUT2D eigenvalue weighted by molar-refractivity contribution is -0.123. The molecule has 22 heavy (non-hydrogen) atoms. The van der Waals surface area contributed by atoms with Crippen LogP contribution in [-0.4, -0.2) is 35.3 Å². The highest BCUT2D eigenvalue weighted by Gasteiger charge is 2.33. The predicted octanol–water partition coefficient (Wildman–Crippen LogP) is 3.31. The van der Waals surface area contributed by atoms with Crippen molar-refractivity contribution in [1.82, 2.24) is 4.90 Å². The first kappa shape index (κ1) is 16.5. The van der Waals surface area contributed by atoms with Gasteiger partial charge in [-0.3, -0.25) is 9.59 Å². The second-order valence-corrected chi connectivity index (χ2v) is 6.37. The van der Waals surface area contributed by atoms with E-state index in [1.54, 1.807) is 13.1 Å². The van der Waals surface area contributed by atoms with Crippen LogP contribution >= 0.6 is 0 Å². The Morgan fingerprint density at radius 1 is 1.23 bits per heavy atom. The molecule has 1 saturated carbocycles. The van der Waals surface area contributed by atoms with Crippen LogP contribution < -0.4 is 0 Å². The summed E-state index contributed by atoms with van der Waals surface area (Å²) in [5.74, 6) is -0.185. The molecule has 2 fully saturated rings. The number of ketones is 1. The molecule has 1 aliphatic carbocycles. The summed E-state index contributed by atoms with van der Waals surface area (Å²) < 4.78 is 0. The lowest BCUT2D eigenvalue weighted by Crippen LogP contribution is -2.19. The number of likely N-dealkylation sites (N-methyl/N-ethyl adjacent to an activating group) is 1. The van der Waals surface area contributed by atoms with Gasteiger partial charge in [-0.15, -0.1) is 0 Å². The molecule has 4 nitrogen and oxygen atoms in total. The zero-order valence-corrected chi connectivity index (χ0v) is 13.5. The van der Waals surface area contributed by atoms with Crippen molar-refractivity contribution in [1.29, 1.82) is 0 Å². The first-order valence-electron chi connectivity index (χ1n) is 8.05. The number of hydrogen-bond donors (Lipinski definition) is 1. The second kappa shape index (κ2) is 7.43. The number of carbonyl (C=O) groups excluding carboxylic acids is 2. The summed E-state index contributed by atoms with van der Waals surface area (Å²) in [6.45, 7) is 2.02. The summed E-state index contributed by atoms with van der Waals surface area (Å²) in [4.78, 5) is 24.8. The molecule has 0 atom stereocenters. The summed E-state index contributed by atoms with van der Waals surface area (Å²) in [6, 6.07) is 0. The fraction of sp³-hybridized carbons (Fsp3) is 0.556. The van der Waals surface area contributed by atoms with Gasteiger partial charge in [-0.05, 0) is 25.3 Å². The van der Waals surface area contributed by atoms with Gasteiger partial charge in [-0.2, -0.15) is 0 Å². The Bertz CT molecular complexity index is 537. The van der Waals surface area contributed by atoms with Crippen molar-refractivity contribution in [2.75, 3.05) is 13.6 Å². The van der Waals surface area contributed by atoms with Gasteiger partial charge in [-0.1, -0.05) is 49.8 Å². The topological polar surface area (TPSA) is 57.6 Å². The lowest BCUT2D eigenvalue weighted by atomic mass is 9.86. The quantitative estimate of drug-likeness (QED) is 0.375. The molecule has 0 aromatic rings. The van der Waals surface area contributed by atoms with Crippen LogP contribution in [0.5, 0.6) is 0 Å². The minimum atomic E-state index is -0.406. The van der Waals surface area contributed by atoms with Gasteiger partial charge >= 0.3 is 0 Å². The number of aliphatic hydroxyl groups is 1. The molecule has 1 aliphatic heterocycles. The van der Waals surface area contributed by atoms with Crippen LogP contribution in [0.2, 0.25) is 0 Å². The van der Waals surface area contributed by atoms with E-state index in [4.69, 9.17) is 0 Å². The van der Waals surface area contributed by atoms with Gasteiger partial charge in [-0.25, -0.2) is 0 Å². The summed E-state index contributed by atoms with van der Waals surface area (Å²) >= 11 is 0. The molecule has 0 aromatic carbocycles. The number of Topliss-reactive ketones (excluding diaryl/α,β-unsaturated/α-hetero) is 1. The Kier molecular flexibility index (Phi) is 5.58. The fourth-order valence-electron chi connectivity index (χ4n) is 3.07. The van der Waals surface area contributed by atoms with Gasteiger partial charge in [0.05, 0.1) is 6.54 Å². The molecular formula is C18H25NO3. The molecule has 120 valence electrons. The van der Waals surface area contributed by atoms with E-state index in [0.717, 1.165) is 17.9 Å². The number of amides is 1. The van der Waals surface area contributed by atoms with Gasteiger partial charge < -0.3 is 10.0 Å². The molecule has 1 saturated heterocycles. The van der Waals surface area contributed by atoms with E-state index in [2.05, 4.69) is 6.08 Å². The van der Waals surface area contributed by atoms with Crippen LogP contribution in [0.3, 0.4) is 0 Å². The zero-order chi connectivity index (χ0) is 16.1. The van der Waals surface area contributed by atoms with Crippen molar-refractivity contribution in [3.63, 3.8) is 0 Å². The highest BCUT2D eigenvalue weighted by atomic mass is 16.3. The average Bonchev–Trinajstić information content (AvgIpc) is 2.76. The first-order valence-corrected chi connectivity index (χ1v) is 8.05. The Balaban J connectivity index is 1.97. The summed E-state index contributed by atoms with van der Waals surface area (Å²) in [6.07, 6.45) is 13.1. The van der Waals surface area contributed by atoms with Crippen molar-refractivity contribution in [2.24, 2.45) is 5.92 Å². The van der Waals surface area contributed by atoms with Crippen molar-refractivity contribution >= 4 is 11.7 Å². The van der Waals surface area contributed by atoms with Crippen molar-refractivity contribution in [3.8, 4) is 0 Å². The van der Waals surface area contributed by atoms with Gasteiger partial charge in [0.15, 0.2) is 5.78 Å². The third-order valence-corrected chi connectivity index (χ3v) is 4.48. The number of rotatable bonds is 4. The molecule has 4 heteroatoms. The molecule has 0 bridgehead atoms. The average molecular weight is 303 g/mol. The van der Waals surface area contributed by atoms with E-state index in [1.165, 1.54) is 43.1 Å². The molecule has 1 amide bonds. The van der Waals surface area contributed by atoms with Crippen LogP contribution in [0.25, 0.3) is 0 Å². The van der Waals surface area contributed by atoms with Crippen LogP contribution in [0.15, 0.2) is 35.1 Å². The highest BCUT2D eigenvalue weighted by molar-refractivity contribution is 6.25. The van der Waals surface area contributed by atoms with E-state index in [1.807, 2.05) is 6.92 Å². The lowest BCUT2D eigenvalue weighted by Gasteiger charge is -2.19. The van der Waals surface area contributed by atoms with E-state index in [0.29, 0.717) is 0 Å². The van der Waals surface area contributed by atoms with Crippen molar-refractivity contribution in [3.05, 3.63) is 35.1 Å². The third kappa shape index (κ3) is 4.09. The molecular weight excluding hydrogens is 278 g/mol. The number of likely N-dealkylation sites (tertiary alicyclic amines) is 1. The molecule has 0 aromatic heterocycles. The standard InChI is InChI=1S/C18H25NO3/c1-13(8-10-14-6-4-3-5-7-14)9-11-15(20)17-16(21)12-19(2)18(17)22/h8-9,11,14,20H,3-7,10,12H2,1-2H3/b11-9+,13-8+,17-15-. The Morgan fingerprint density at radius 3 is 2.50 bits per heavy atom. The maximum absolute atomic E-state index is 11.8. The Morgan fingerprint density at radius 2 is 1.91 bits per heavy atom. The van der Waals surface area contributed by atoms with Gasteiger partial charge in [0.2, 0.25) is 0 Å². The monoisotopic (exact) mass is 303 g/mol. The van der Waals surface area contributed by atoms with Crippen LogP contribution in [0.4, 0.5) is 0 Å². The van der Waals surface area contributed by atoms with E-state index >= 15 is 0 Å². The van der Waals surface area contributed by atoms with Gasteiger partial charge in [0, 0.05) is 7.05 Å². The number of aliphatic hydroxyl groups excluding tert-OH is 1. The number of carbonyl (C=O) groups is 2. The molecule has 2 aliphatic rings. The summed E-state index contributed by atoms with van der Waals surface area (Å²) in [7, 11) is 1.56.